The van der Waals surface area contributed by atoms with Gasteiger partial charge in [-0.05, 0) is 29.6 Å². The lowest BCUT2D eigenvalue weighted by Gasteiger charge is -2.08. The molecular weight excluding hydrogens is 337 g/mol. The molecule has 0 aliphatic heterocycles. The lowest BCUT2D eigenvalue weighted by Crippen LogP contribution is -2.21. The minimum Gasteiger partial charge on any atom is -0.482 e. The Balaban J connectivity index is 1.96. The fourth-order valence-corrected chi connectivity index (χ4v) is 2.65. The number of carboxylic acids is 1. The van der Waals surface area contributed by atoms with E-state index in [-0.39, 0.29) is 22.2 Å². The average Bonchev–Trinajstić information content (AvgIpc) is 2.86. The summed E-state index contributed by atoms with van der Waals surface area (Å²) in [6.45, 7) is -0.295. The number of aromatic carboxylic acids is 1. The maximum atomic E-state index is 11.7. The van der Waals surface area contributed by atoms with Gasteiger partial charge in [-0.3, -0.25) is 4.79 Å². The van der Waals surface area contributed by atoms with Gasteiger partial charge in [-0.2, -0.15) is 0 Å². The second-order valence-electron chi connectivity index (χ2n) is 3.88. The van der Waals surface area contributed by atoms with Crippen LogP contribution in [0.1, 0.15) is 9.67 Å². The summed E-state index contributed by atoms with van der Waals surface area (Å²) in [6.07, 6.45) is 0. The molecule has 0 saturated heterocycles. The van der Waals surface area contributed by atoms with E-state index in [4.69, 9.17) is 33.0 Å². The Bertz CT molecular complexity index is 687. The molecule has 0 aliphatic rings. The molecule has 0 radical (unpaired) electrons. The van der Waals surface area contributed by atoms with Gasteiger partial charge < -0.3 is 15.2 Å². The normalized spacial score (nSPS) is 10.2. The summed E-state index contributed by atoms with van der Waals surface area (Å²) in [6, 6.07) is 6.15. The summed E-state index contributed by atoms with van der Waals surface area (Å²) in [7, 11) is 0. The number of ether oxygens (including phenoxy) is 1. The summed E-state index contributed by atoms with van der Waals surface area (Å²) in [4.78, 5) is 22.7. The van der Waals surface area contributed by atoms with Crippen molar-refractivity contribution in [2.45, 2.75) is 0 Å². The number of anilines is 1. The molecule has 110 valence electrons. The quantitative estimate of drug-likeness (QED) is 0.864. The van der Waals surface area contributed by atoms with E-state index in [1.54, 1.807) is 17.5 Å². The Morgan fingerprint density at radius 2 is 2.05 bits per heavy atom. The third-order valence-corrected chi connectivity index (χ3v) is 3.82. The molecule has 0 atom stereocenters. The van der Waals surface area contributed by atoms with E-state index < -0.39 is 11.9 Å². The molecule has 2 aromatic rings. The van der Waals surface area contributed by atoms with Gasteiger partial charge in [0.2, 0.25) is 0 Å². The third kappa shape index (κ3) is 4.10. The number of hydrogen-bond acceptors (Lipinski definition) is 4. The summed E-state index contributed by atoms with van der Waals surface area (Å²) in [5.41, 5.74) is 0.239. The first-order valence-electron chi connectivity index (χ1n) is 5.66. The van der Waals surface area contributed by atoms with Crippen molar-refractivity contribution >= 4 is 52.1 Å². The molecule has 0 fully saturated rings. The minimum absolute atomic E-state index is 0.0628. The average molecular weight is 346 g/mol. The van der Waals surface area contributed by atoms with Gasteiger partial charge in [0.25, 0.3) is 5.91 Å². The smallest absolute Gasteiger partial charge is 0.348 e. The summed E-state index contributed by atoms with van der Waals surface area (Å²) in [5, 5.41) is 13.7. The Labute approximate surface area is 134 Å². The SMILES string of the molecule is O=C(COc1ccc(Cl)cc1Cl)Nc1ccsc1C(=O)O. The molecule has 0 bridgehead atoms. The van der Waals surface area contributed by atoms with Gasteiger partial charge in [-0.1, -0.05) is 23.2 Å². The number of amides is 1. The largest absolute Gasteiger partial charge is 0.482 e. The number of rotatable bonds is 5. The van der Waals surface area contributed by atoms with Gasteiger partial charge in [0.05, 0.1) is 10.7 Å². The molecule has 21 heavy (non-hydrogen) atoms. The summed E-state index contributed by atoms with van der Waals surface area (Å²) >= 11 is 12.7. The van der Waals surface area contributed by atoms with Gasteiger partial charge >= 0.3 is 5.97 Å². The number of nitrogens with one attached hydrogen (secondary N) is 1. The van der Waals surface area contributed by atoms with Crippen LogP contribution in [0.3, 0.4) is 0 Å². The summed E-state index contributed by atoms with van der Waals surface area (Å²) in [5.74, 6) is -1.26. The highest BCUT2D eigenvalue weighted by molar-refractivity contribution is 7.12. The first kappa shape index (κ1) is 15.6. The topological polar surface area (TPSA) is 75.6 Å². The molecule has 1 heterocycles. The van der Waals surface area contributed by atoms with Crippen LogP contribution < -0.4 is 10.1 Å². The second-order valence-corrected chi connectivity index (χ2v) is 5.64. The van der Waals surface area contributed by atoms with Crippen LogP contribution in [0.15, 0.2) is 29.6 Å². The van der Waals surface area contributed by atoms with E-state index in [0.29, 0.717) is 10.8 Å². The Morgan fingerprint density at radius 1 is 1.29 bits per heavy atom. The van der Waals surface area contributed by atoms with E-state index >= 15 is 0 Å². The number of hydrogen-bond donors (Lipinski definition) is 2. The summed E-state index contributed by atoms with van der Waals surface area (Å²) < 4.78 is 5.26. The highest BCUT2D eigenvalue weighted by atomic mass is 35.5. The van der Waals surface area contributed by atoms with Crippen molar-refractivity contribution in [2.24, 2.45) is 0 Å². The molecule has 1 amide bonds. The number of carbonyl (C=O) groups excluding carboxylic acids is 1. The standard InChI is InChI=1S/C13H9Cl2NO4S/c14-7-1-2-10(8(15)5-7)20-6-11(17)16-9-3-4-21-12(9)13(18)19/h1-5H,6H2,(H,16,17)(H,18,19). The molecule has 1 aromatic carbocycles. The van der Waals surface area contributed by atoms with Gasteiger partial charge in [-0.15, -0.1) is 11.3 Å². The first-order valence-corrected chi connectivity index (χ1v) is 7.29. The van der Waals surface area contributed by atoms with Crippen LogP contribution in [-0.4, -0.2) is 23.6 Å². The van der Waals surface area contributed by atoms with E-state index in [9.17, 15) is 9.59 Å². The third-order valence-electron chi connectivity index (χ3n) is 2.39. The highest BCUT2D eigenvalue weighted by Crippen LogP contribution is 2.27. The van der Waals surface area contributed by atoms with Gasteiger partial charge in [0, 0.05) is 5.02 Å². The van der Waals surface area contributed by atoms with Crippen molar-refractivity contribution in [3.63, 3.8) is 0 Å². The second kappa shape index (κ2) is 6.80. The maximum absolute atomic E-state index is 11.7. The van der Waals surface area contributed by atoms with Crippen LogP contribution >= 0.6 is 34.5 Å². The molecule has 2 rings (SSSR count). The van der Waals surface area contributed by atoms with Crippen molar-refractivity contribution in [3.05, 3.63) is 44.6 Å². The van der Waals surface area contributed by atoms with E-state index in [1.165, 1.54) is 12.1 Å². The van der Waals surface area contributed by atoms with Crippen LogP contribution in [-0.2, 0) is 4.79 Å². The fourth-order valence-electron chi connectivity index (χ4n) is 1.50. The van der Waals surface area contributed by atoms with Crippen LogP contribution in [0, 0.1) is 0 Å². The molecule has 5 nitrogen and oxygen atoms in total. The van der Waals surface area contributed by atoms with E-state index in [1.807, 2.05) is 0 Å². The number of carboxylic acid groups (broad SMARTS) is 1. The van der Waals surface area contributed by atoms with Crippen molar-refractivity contribution in [1.29, 1.82) is 0 Å². The number of halogens is 2. The van der Waals surface area contributed by atoms with E-state index in [0.717, 1.165) is 11.3 Å². The lowest BCUT2D eigenvalue weighted by molar-refractivity contribution is -0.118. The Morgan fingerprint density at radius 3 is 2.71 bits per heavy atom. The number of thiophene rings is 1. The van der Waals surface area contributed by atoms with Gasteiger partial charge in [0.15, 0.2) is 6.61 Å². The molecule has 0 aliphatic carbocycles. The Kier molecular flexibility index (Phi) is 5.06. The molecule has 0 saturated carbocycles. The predicted octanol–water partition coefficient (Wildman–Crippen LogP) is 3.77. The van der Waals surface area contributed by atoms with Gasteiger partial charge in [0.1, 0.15) is 10.6 Å². The van der Waals surface area contributed by atoms with Gasteiger partial charge in [-0.25, -0.2) is 4.79 Å². The van der Waals surface area contributed by atoms with E-state index in [2.05, 4.69) is 5.32 Å². The minimum atomic E-state index is -1.10. The Hall–Kier alpha value is -1.76. The monoisotopic (exact) mass is 345 g/mol. The lowest BCUT2D eigenvalue weighted by atomic mass is 10.3. The zero-order valence-corrected chi connectivity index (χ0v) is 12.8. The fraction of sp³-hybridized carbons (Fsp3) is 0.0769. The van der Waals surface area contributed by atoms with Crippen LogP contribution in [0.2, 0.25) is 10.0 Å². The maximum Gasteiger partial charge on any atom is 0.348 e. The molecule has 0 spiro atoms. The van der Waals surface area contributed by atoms with Crippen molar-refractivity contribution in [1.82, 2.24) is 0 Å². The zero-order chi connectivity index (χ0) is 15.4. The van der Waals surface area contributed by atoms with Crippen molar-refractivity contribution < 1.29 is 19.4 Å². The first-order chi connectivity index (χ1) is 9.97. The molecule has 2 N–H and O–H groups in total. The number of carbonyl (C=O) groups is 2. The molecule has 1 aromatic heterocycles. The zero-order valence-electron chi connectivity index (χ0n) is 10.4. The van der Waals surface area contributed by atoms with Crippen LogP contribution in [0.4, 0.5) is 5.69 Å². The predicted molar refractivity (Wildman–Crippen MR) is 81.9 cm³/mol. The van der Waals surface area contributed by atoms with Crippen molar-refractivity contribution in [2.75, 3.05) is 11.9 Å². The molecule has 0 unspecified atom stereocenters. The molecular formula is C13H9Cl2NO4S. The highest BCUT2D eigenvalue weighted by Gasteiger charge is 2.14. The molecule has 8 heteroatoms. The van der Waals surface area contributed by atoms with Crippen molar-refractivity contribution in [3.8, 4) is 5.75 Å². The van der Waals surface area contributed by atoms with Crippen LogP contribution in [0.25, 0.3) is 0 Å². The van der Waals surface area contributed by atoms with Crippen LogP contribution in [0.5, 0.6) is 5.75 Å². The number of benzene rings is 1.